The first-order chi connectivity index (χ1) is 12.5. The van der Waals surface area contributed by atoms with Crippen LogP contribution in [0.2, 0.25) is 0 Å². The molecule has 0 aromatic heterocycles. The minimum atomic E-state index is -0.198. The second kappa shape index (κ2) is 15.3. The summed E-state index contributed by atoms with van der Waals surface area (Å²) < 4.78 is 5.54. The lowest BCUT2D eigenvalue weighted by atomic mass is 10.2. The van der Waals surface area contributed by atoms with E-state index in [2.05, 4.69) is 40.7 Å². The summed E-state index contributed by atoms with van der Waals surface area (Å²) in [7, 11) is 0. The van der Waals surface area contributed by atoms with Crippen LogP contribution in [0.1, 0.15) is 32.8 Å². The number of terminal acetylenes is 1. The van der Waals surface area contributed by atoms with Gasteiger partial charge in [0.25, 0.3) is 0 Å². The highest BCUT2D eigenvalue weighted by Gasteiger charge is 2.04. The van der Waals surface area contributed by atoms with Crippen molar-refractivity contribution in [3.05, 3.63) is 29.8 Å². The van der Waals surface area contributed by atoms with Crippen LogP contribution in [0.15, 0.2) is 29.3 Å². The fourth-order valence-corrected chi connectivity index (χ4v) is 2.08. The van der Waals surface area contributed by atoms with Crippen molar-refractivity contribution < 1.29 is 9.53 Å². The van der Waals surface area contributed by atoms with Gasteiger partial charge in [-0.2, -0.15) is 0 Å². The van der Waals surface area contributed by atoms with Crippen molar-refractivity contribution in [2.24, 2.45) is 10.9 Å². The van der Waals surface area contributed by atoms with E-state index in [4.69, 9.17) is 11.2 Å². The number of amides is 1. The molecule has 0 aliphatic rings. The topological polar surface area (TPSA) is 74.8 Å². The largest absolute Gasteiger partial charge is 0.381 e. The molecule has 1 aromatic rings. The molecule has 27 heavy (non-hydrogen) atoms. The van der Waals surface area contributed by atoms with Crippen molar-refractivity contribution in [1.29, 1.82) is 0 Å². The summed E-state index contributed by atoms with van der Waals surface area (Å²) in [6.45, 7) is 9.20. The van der Waals surface area contributed by atoms with Crippen LogP contribution in [0.25, 0.3) is 0 Å². The number of benzene rings is 1. The summed E-state index contributed by atoms with van der Waals surface area (Å²) in [6.07, 6.45) is 6.24. The quantitative estimate of drug-likeness (QED) is 0.156. The lowest BCUT2D eigenvalue weighted by Gasteiger charge is -2.12. The number of hydrogen-bond acceptors (Lipinski definition) is 3. The zero-order valence-electron chi connectivity index (χ0n) is 16.4. The molecule has 7 heteroatoms. The zero-order chi connectivity index (χ0) is 19.2. The summed E-state index contributed by atoms with van der Waals surface area (Å²) >= 11 is 0. The van der Waals surface area contributed by atoms with Gasteiger partial charge in [0.2, 0.25) is 5.91 Å². The van der Waals surface area contributed by atoms with E-state index in [9.17, 15) is 4.79 Å². The molecule has 0 spiro atoms. The van der Waals surface area contributed by atoms with E-state index < -0.39 is 0 Å². The highest BCUT2D eigenvalue weighted by molar-refractivity contribution is 14.0. The normalized spacial score (nSPS) is 10.7. The maximum absolute atomic E-state index is 12.1. The lowest BCUT2D eigenvalue weighted by Crippen LogP contribution is -2.38. The minimum Gasteiger partial charge on any atom is -0.381 e. The molecule has 6 nitrogen and oxygen atoms in total. The third-order valence-electron chi connectivity index (χ3n) is 3.25. The number of rotatable bonds is 10. The van der Waals surface area contributed by atoms with Crippen LogP contribution in [0.4, 0.5) is 5.69 Å². The van der Waals surface area contributed by atoms with Crippen molar-refractivity contribution >= 4 is 41.5 Å². The summed E-state index contributed by atoms with van der Waals surface area (Å²) in [5.41, 5.74) is 1.39. The Labute approximate surface area is 180 Å². The predicted octanol–water partition coefficient (Wildman–Crippen LogP) is 2.84. The molecule has 0 saturated heterocycles. The van der Waals surface area contributed by atoms with Crippen LogP contribution in [0.3, 0.4) is 0 Å². The van der Waals surface area contributed by atoms with E-state index in [-0.39, 0.29) is 36.4 Å². The number of carbonyl (C=O) groups is 1. The molecule has 1 aromatic carbocycles. The summed E-state index contributed by atoms with van der Waals surface area (Å²) in [4.78, 5) is 16.4. The second-order valence-electron chi connectivity index (χ2n) is 6.22. The summed E-state index contributed by atoms with van der Waals surface area (Å²) in [5, 5.41) is 9.11. The number of nitrogens with one attached hydrogen (secondary N) is 3. The van der Waals surface area contributed by atoms with Gasteiger partial charge in [-0.05, 0) is 37.5 Å². The fraction of sp³-hybridized carbons (Fsp3) is 0.500. The van der Waals surface area contributed by atoms with Gasteiger partial charge in [0.05, 0.1) is 0 Å². The van der Waals surface area contributed by atoms with Gasteiger partial charge in [-0.15, -0.1) is 30.4 Å². The van der Waals surface area contributed by atoms with Crippen molar-refractivity contribution in [3.8, 4) is 12.3 Å². The van der Waals surface area contributed by atoms with Crippen LogP contribution >= 0.6 is 24.0 Å². The van der Waals surface area contributed by atoms with Gasteiger partial charge in [-0.3, -0.25) is 4.79 Å². The second-order valence-corrected chi connectivity index (χ2v) is 6.22. The molecule has 0 atom stereocenters. The average molecular weight is 486 g/mol. The summed E-state index contributed by atoms with van der Waals surface area (Å²) in [6, 6.07) is 7.16. The molecule has 0 aliphatic heterocycles. The smallest absolute Gasteiger partial charge is 0.246 e. The number of aliphatic imine (C=N–C) groups is 1. The molecular weight excluding hydrogens is 455 g/mol. The van der Waals surface area contributed by atoms with Gasteiger partial charge in [0, 0.05) is 37.6 Å². The van der Waals surface area contributed by atoms with Crippen LogP contribution in [0.5, 0.6) is 0 Å². The van der Waals surface area contributed by atoms with Crippen molar-refractivity contribution in [2.45, 2.75) is 27.2 Å². The van der Waals surface area contributed by atoms with E-state index >= 15 is 0 Å². The Morgan fingerprint density at radius 2 is 2.11 bits per heavy atom. The monoisotopic (exact) mass is 486 g/mol. The average Bonchev–Trinajstić information content (AvgIpc) is 2.62. The van der Waals surface area contributed by atoms with Gasteiger partial charge >= 0.3 is 0 Å². The highest BCUT2D eigenvalue weighted by Crippen LogP contribution is 2.09. The Kier molecular flexibility index (Phi) is 14.3. The number of carbonyl (C=O) groups excluding carboxylic acids is 1. The Hall–Kier alpha value is -1.79. The van der Waals surface area contributed by atoms with Crippen LogP contribution in [-0.4, -0.2) is 44.7 Å². The number of halogens is 1. The molecule has 150 valence electrons. The molecule has 0 heterocycles. The van der Waals surface area contributed by atoms with Crippen molar-refractivity contribution in [1.82, 2.24) is 10.6 Å². The molecule has 0 saturated carbocycles. The van der Waals surface area contributed by atoms with Crippen molar-refractivity contribution in [3.63, 3.8) is 0 Å². The van der Waals surface area contributed by atoms with Gasteiger partial charge in [0.15, 0.2) is 5.96 Å². The predicted molar refractivity (Wildman–Crippen MR) is 123 cm³/mol. The first-order valence-electron chi connectivity index (χ1n) is 9.01. The maximum Gasteiger partial charge on any atom is 0.246 e. The number of anilines is 1. The molecule has 0 fully saturated rings. The first kappa shape index (κ1) is 25.2. The molecule has 0 aliphatic carbocycles. The van der Waals surface area contributed by atoms with E-state index in [0.717, 1.165) is 31.7 Å². The van der Waals surface area contributed by atoms with Gasteiger partial charge in [-0.25, -0.2) is 4.99 Å². The van der Waals surface area contributed by atoms with Crippen LogP contribution < -0.4 is 16.0 Å². The fourth-order valence-electron chi connectivity index (χ4n) is 2.08. The number of ether oxygens (including phenoxy) is 1. The third kappa shape index (κ3) is 12.3. The Balaban J connectivity index is 0.00000676. The van der Waals surface area contributed by atoms with Gasteiger partial charge in [-0.1, -0.05) is 25.8 Å². The SMILES string of the molecule is C#Cc1cccc(NC(=O)CN=C(NCC)NCCCOCC(C)C)c1.I. The Morgan fingerprint density at radius 3 is 2.78 bits per heavy atom. The standard InChI is InChI=1S/C20H30N4O2.HI/c1-5-17-9-7-10-18(13-17)24-19(25)14-23-20(21-6-2)22-11-8-12-26-15-16(3)4;/h1,7,9-10,13,16H,6,8,11-12,14-15H2,2-4H3,(H,24,25)(H2,21,22,23);1H. The zero-order valence-corrected chi connectivity index (χ0v) is 18.7. The van der Waals surface area contributed by atoms with E-state index in [1.165, 1.54) is 0 Å². The van der Waals surface area contributed by atoms with Gasteiger partial charge < -0.3 is 20.7 Å². The van der Waals surface area contributed by atoms with E-state index in [0.29, 0.717) is 24.2 Å². The van der Waals surface area contributed by atoms with E-state index in [1.54, 1.807) is 18.2 Å². The minimum absolute atomic E-state index is 0. The molecule has 3 N–H and O–H groups in total. The molecule has 1 amide bonds. The van der Waals surface area contributed by atoms with Gasteiger partial charge in [0.1, 0.15) is 6.54 Å². The number of nitrogens with zero attached hydrogens (tertiary/aromatic N) is 1. The molecule has 0 unspecified atom stereocenters. The number of guanidine groups is 1. The first-order valence-corrected chi connectivity index (χ1v) is 9.01. The summed E-state index contributed by atoms with van der Waals surface area (Å²) in [5.74, 6) is 3.50. The van der Waals surface area contributed by atoms with Crippen LogP contribution in [0, 0.1) is 18.3 Å². The van der Waals surface area contributed by atoms with E-state index in [1.807, 2.05) is 13.0 Å². The molecular formula is C20H31IN4O2. The lowest BCUT2D eigenvalue weighted by molar-refractivity contribution is -0.114. The maximum atomic E-state index is 12.1. The number of hydrogen-bond donors (Lipinski definition) is 3. The Bertz CT molecular complexity index is 627. The van der Waals surface area contributed by atoms with Crippen molar-refractivity contribution in [2.75, 3.05) is 38.2 Å². The highest BCUT2D eigenvalue weighted by atomic mass is 127. The Morgan fingerprint density at radius 1 is 1.33 bits per heavy atom. The molecule has 1 rings (SSSR count). The molecule has 0 bridgehead atoms. The molecule has 0 radical (unpaired) electrons. The third-order valence-corrected chi connectivity index (χ3v) is 3.25. The van der Waals surface area contributed by atoms with Crippen LogP contribution in [-0.2, 0) is 9.53 Å².